The van der Waals surface area contributed by atoms with Gasteiger partial charge in [0.1, 0.15) is 0 Å². The van der Waals surface area contributed by atoms with Crippen molar-refractivity contribution < 1.29 is 9.59 Å². The van der Waals surface area contributed by atoms with Crippen LogP contribution in [0, 0.1) is 35.0 Å². The van der Waals surface area contributed by atoms with Crippen molar-refractivity contribution in [2.24, 2.45) is 35.0 Å². The summed E-state index contributed by atoms with van der Waals surface area (Å²) in [5.74, 6) is 1.96. The lowest BCUT2D eigenvalue weighted by Gasteiger charge is -2.52. The molecule has 0 radical (unpaired) electrons. The molecule has 57 heavy (non-hydrogen) atoms. The van der Waals surface area contributed by atoms with E-state index in [0.29, 0.717) is 52.7 Å². The summed E-state index contributed by atoms with van der Waals surface area (Å²) in [7, 11) is 0. The zero-order chi connectivity index (χ0) is 40.4. The maximum absolute atomic E-state index is 14.3. The van der Waals surface area contributed by atoms with Gasteiger partial charge in [0.05, 0.1) is 11.7 Å². The summed E-state index contributed by atoms with van der Waals surface area (Å²) >= 11 is 0. The van der Waals surface area contributed by atoms with Crippen LogP contribution in [0.1, 0.15) is 107 Å². The normalized spacial score (nSPS) is 37.0. The van der Waals surface area contributed by atoms with Crippen molar-refractivity contribution in [3.8, 4) is 0 Å². The van der Waals surface area contributed by atoms with Gasteiger partial charge in [-0.1, -0.05) is 121 Å². The Kier molecular flexibility index (Phi) is 10.8. The summed E-state index contributed by atoms with van der Waals surface area (Å²) in [5.41, 5.74) is 11.3. The lowest BCUT2D eigenvalue weighted by molar-refractivity contribution is -0.115. The Morgan fingerprint density at radius 1 is 1.05 bits per heavy atom. The topological polar surface area (TPSA) is 40.6 Å². The van der Waals surface area contributed by atoms with Gasteiger partial charge in [-0.2, -0.15) is 0 Å². The average molecular weight is 763 g/mol. The van der Waals surface area contributed by atoms with Crippen molar-refractivity contribution in [1.82, 2.24) is 9.80 Å². The quantitative estimate of drug-likeness (QED) is 0.126. The lowest BCUT2D eigenvalue weighted by atomic mass is 9.61. The zero-order valence-corrected chi connectivity index (χ0v) is 36.0. The van der Waals surface area contributed by atoms with Crippen LogP contribution in [0.25, 0.3) is 0 Å². The molecule has 0 aromatic heterocycles. The maximum atomic E-state index is 14.3. The highest BCUT2D eigenvalue weighted by Crippen LogP contribution is 2.60. The van der Waals surface area contributed by atoms with Gasteiger partial charge in [0.2, 0.25) is 0 Å². The van der Waals surface area contributed by atoms with Crippen LogP contribution in [0.4, 0.5) is 0 Å². The van der Waals surface area contributed by atoms with Gasteiger partial charge < -0.3 is 0 Å². The molecule has 1 saturated heterocycles. The smallest absolute Gasteiger partial charge is 0.197 e. The molecule has 0 amide bonds. The molecular formula is C53H66N2O2. The molecule has 0 aromatic carbocycles. The number of nitrogens with zero attached hydrogens (tertiary/aromatic N) is 2. The number of carbonyl (C=O) groups is 2. The Hall–Kier alpha value is -3.86. The highest BCUT2D eigenvalue weighted by molar-refractivity contribution is 6.38. The van der Waals surface area contributed by atoms with Gasteiger partial charge in [-0.15, -0.1) is 6.58 Å². The Bertz CT molecular complexity index is 2100. The predicted molar refractivity (Wildman–Crippen MR) is 236 cm³/mol. The van der Waals surface area contributed by atoms with E-state index in [9.17, 15) is 9.59 Å². The number of allylic oxidation sites excluding steroid dienone is 18. The molecule has 8 rings (SSSR count). The van der Waals surface area contributed by atoms with Gasteiger partial charge in [-0.05, 0) is 127 Å². The summed E-state index contributed by atoms with van der Waals surface area (Å²) in [6.45, 7) is 24.0. The van der Waals surface area contributed by atoms with Crippen molar-refractivity contribution >= 4 is 11.6 Å². The fourth-order valence-electron chi connectivity index (χ4n) is 12.2. The highest BCUT2D eigenvalue weighted by Gasteiger charge is 2.60. The first kappa shape index (κ1) is 39.9. The molecule has 300 valence electrons. The number of hydrogen-bond donors (Lipinski definition) is 0. The average Bonchev–Trinajstić information content (AvgIpc) is 3.69. The van der Waals surface area contributed by atoms with E-state index < -0.39 is 0 Å². The predicted octanol–water partition coefficient (Wildman–Crippen LogP) is 11.6. The summed E-state index contributed by atoms with van der Waals surface area (Å²) in [6, 6.07) is 0.179. The molecule has 7 aliphatic carbocycles. The molecule has 1 spiro atoms. The fraction of sp³-hybridized carbons (Fsp3) is 0.509. The van der Waals surface area contributed by atoms with Gasteiger partial charge in [0, 0.05) is 47.7 Å². The van der Waals surface area contributed by atoms with Gasteiger partial charge in [-0.3, -0.25) is 19.4 Å². The molecular weight excluding hydrogens is 697 g/mol. The number of rotatable bonds is 10. The van der Waals surface area contributed by atoms with E-state index >= 15 is 0 Å². The Labute approximate surface area is 343 Å². The van der Waals surface area contributed by atoms with Crippen molar-refractivity contribution in [3.05, 3.63) is 141 Å². The molecule has 0 N–H and O–H groups in total. The van der Waals surface area contributed by atoms with Crippen LogP contribution in [0.3, 0.4) is 0 Å². The van der Waals surface area contributed by atoms with E-state index in [1.165, 1.54) is 39.0 Å². The number of hydrogen-bond acceptors (Lipinski definition) is 4. The van der Waals surface area contributed by atoms with E-state index in [4.69, 9.17) is 0 Å². The van der Waals surface area contributed by atoms with Gasteiger partial charge in [-0.25, -0.2) is 0 Å². The highest BCUT2D eigenvalue weighted by atomic mass is 16.2. The van der Waals surface area contributed by atoms with Crippen LogP contribution in [0.5, 0.6) is 0 Å². The van der Waals surface area contributed by atoms with Crippen LogP contribution >= 0.6 is 0 Å². The second-order valence-corrected chi connectivity index (χ2v) is 19.6. The third kappa shape index (κ3) is 7.28. The van der Waals surface area contributed by atoms with E-state index in [1.807, 2.05) is 13.0 Å². The SMILES string of the molecule is C=C(C)CC(C)/C=C(/C)CN1C(C/C=C2\C(=O)C(C)=C(/C=C3\CC34CC=CCC4)C2=O)N(CC2=C(C)CC(C)C=C2C)[C@]2(C)C1C=C[C@H]1C=C3C=CC=CC3C[C@@H]12. The third-order valence-corrected chi connectivity index (χ3v) is 15.1. The zero-order valence-electron chi connectivity index (χ0n) is 36.0. The molecule has 1 heterocycles. The van der Waals surface area contributed by atoms with Crippen LogP contribution < -0.4 is 0 Å². The second-order valence-electron chi connectivity index (χ2n) is 19.6. The second kappa shape index (κ2) is 15.4. The van der Waals surface area contributed by atoms with E-state index in [-0.39, 0.29) is 34.7 Å². The third-order valence-electron chi connectivity index (χ3n) is 15.1. The Balaban J connectivity index is 1.19. The molecule has 2 fully saturated rings. The standard InChI is InChI=1S/C53H66N2O2/c1-33(2)23-34(3)24-36(5)31-54-48-19-17-42-27-40-15-11-12-16-41(40)28-47(42)52(48,9)55(32-46-37(6)25-35(4)26-38(46)7)49(54)20-18-44-50(56)39(8)45(51(44)57)29-43-30-53(43)21-13-10-14-22-53/h10-13,15-19,24-25,27,29,34-35,41-42,47-49H,1,14,20-23,26,28,30-32H2,2-9H3/b36-24-,43-29+,44-18+/t34?,35?,41?,42-,47-,48?,49?,52-,53?/m0/s1. The first-order valence-electron chi connectivity index (χ1n) is 22.0. The summed E-state index contributed by atoms with van der Waals surface area (Å²) in [6.07, 6.45) is 38.4. The minimum absolute atomic E-state index is 0.000597. The van der Waals surface area contributed by atoms with Crippen LogP contribution in [0.2, 0.25) is 0 Å². The van der Waals surface area contributed by atoms with E-state index in [1.54, 1.807) is 0 Å². The lowest BCUT2D eigenvalue weighted by Crippen LogP contribution is -2.59. The molecule has 9 atom stereocenters. The number of fused-ring (bicyclic) bond motifs is 4. The molecule has 0 bridgehead atoms. The molecule has 1 aliphatic heterocycles. The number of ketones is 2. The van der Waals surface area contributed by atoms with Crippen molar-refractivity contribution in [1.29, 1.82) is 0 Å². The summed E-state index contributed by atoms with van der Waals surface area (Å²) in [5, 5.41) is 0. The van der Waals surface area contributed by atoms with Crippen molar-refractivity contribution in [2.75, 3.05) is 13.1 Å². The Morgan fingerprint density at radius 3 is 2.60 bits per heavy atom. The molecule has 8 aliphatic rings. The fourth-order valence-corrected chi connectivity index (χ4v) is 12.2. The molecule has 4 nitrogen and oxygen atoms in total. The van der Waals surface area contributed by atoms with Gasteiger partial charge >= 0.3 is 0 Å². The molecule has 0 aromatic rings. The van der Waals surface area contributed by atoms with E-state index in [2.05, 4.69) is 138 Å². The first-order valence-corrected chi connectivity index (χ1v) is 22.0. The minimum atomic E-state index is -0.179. The van der Waals surface area contributed by atoms with Crippen LogP contribution in [0.15, 0.2) is 141 Å². The first-order chi connectivity index (χ1) is 27.2. The van der Waals surface area contributed by atoms with Gasteiger partial charge in [0.25, 0.3) is 0 Å². The van der Waals surface area contributed by atoms with Crippen molar-refractivity contribution in [3.63, 3.8) is 0 Å². The maximum Gasteiger partial charge on any atom is 0.197 e. The minimum Gasteiger partial charge on any atom is -0.289 e. The summed E-state index contributed by atoms with van der Waals surface area (Å²) in [4.78, 5) is 33.9. The number of Topliss-reactive ketones (excluding diaryl/α,β-unsaturated/α-hetero) is 2. The largest absolute Gasteiger partial charge is 0.289 e. The molecule has 1 saturated carbocycles. The Morgan fingerprint density at radius 2 is 1.86 bits per heavy atom. The van der Waals surface area contributed by atoms with Gasteiger partial charge in [0.15, 0.2) is 11.6 Å². The van der Waals surface area contributed by atoms with E-state index in [0.717, 1.165) is 58.0 Å². The molecule has 6 unspecified atom stereocenters. The summed E-state index contributed by atoms with van der Waals surface area (Å²) < 4.78 is 0. The van der Waals surface area contributed by atoms with Crippen molar-refractivity contribution in [2.45, 2.75) is 125 Å². The number of carbonyl (C=O) groups excluding carboxylic acids is 2. The monoisotopic (exact) mass is 763 g/mol. The molecule has 4 heteroatoms. The van der Waals surface area contributed by atoms with Crippen LogP contribution in [-0.4, -0.2) is 52.2 Å². The van der Waals surface area contributed by atoms with Crippen LogP contribution in [-0.2, 0) is 9.59 Å².